The van der Waals surface area contributed by atoms with Crippen LogP contribution in [0.5, 0.6) is 0 Å². The molecule has 3 aromatic heterocycles. The zero-order chi connectivity index (χ0) is 75.5. The van der Waals surface area contributed by atoms with E-state index in [1.807, 2.05) is 60.3 Å². The monoisotopic (exact) mass is 1470 g/mol. The molecule has 0 N–H and O–H groups in total. The van der Waals surface area contributed by atoms with E-state index in [1.165, 1.54) is 27.8 Å². The van der Waals surface area contributed by atoms with E-state index in [4.69, 9.17) is 24.9 Å². The van der Waals surface area contributed by atoms with E-state index in [2.05, 4.69) is 368 Å². The van der Waals surface area contributed by atoms with Crippen LogP contribution in [0.25, 0.3) is 118 Å². The lowest BCUT2D eigenvalue weighted by atomic mass is 9.73. The van der Waals surface area contributed by atoms with Crippen molar-refractivity contribution in [3.8, 4) is 95.7 Å². The molecule has 0 saturated carbocycles. The first-order valence-electron chi connectivity index (χ1n) is 38.5. The Morgan fingerprint density at radius 3 is 1.22 bits per heavy atom. The quantitative estimate of drug-likeness (QED) is 0.119. The highest BCUT2D eigenvalue weighted by Gasteiger charge is 2.42. The molecule has 0 atom stereocenters. The van der Waals surface area contributed by atoms with Crippen LogP contribution in [0.2, 0.25) is 0 Å². The molecular formula is C103H73N9S. The Kier molecular flexibility index (Phi) is 16.0. The van der Waals surface area contributed by atoms with Crippen molar-refractivity contribution < 1.29 is 0 Å². The average Bonchev–Trinajstić information content (AvgIpc) is 1.52. The summed E-state index contributed by atoms with van der Waals surface area (Å²) in [6.45, 7) is 9.48. The highest BCUT2D eigenvalue weighted by molar-refractivity contribution is 7.99. The zero-order valence-electron chi connectivity index (χ0n) is 62.7. The highest BCUT2D eigenvalue weighted by atomic mass is 32.2. The molecule has 3 aliphatic rings. The Balaban J connectivity index is 0.768. The van der Waals surface area contributed by atoms with Crippen LogP contribution in [0.3, 0.4) is 0 Å². The zero-order valence-corrected chi connectivity index (χ0v) is 63.5. The number of nitrogens with zero attached hydrogens (tertiary/aromatic N) is 9. The standard InChI is InChI=1S/C103H73N9S/c1-102(2)82-44-26-28-46-88(82)109(77-42-24-11-25-43-77)93-64-92-81(61-84(93)102)80-54-50-73(59-91(80)110(92)78-52-48-72(49-53-78)98-104-86(68-34-16-7-17-35-68)63-87(105-98)69-36-18-8-19-37-69)74-51-55-90-96(60-74)113-97-65-94-85(62-95(97)111(90)79-57-75(66-30-12-5-13-31-66)56-76(58-79)67-32-14-6-15-33-67)103(3,4)83-45-27-29-47-89(83)112(94)101-107-99(70-38-20-9-21-39-70)106-100(108-101)71-40-22-10-23-41-71/h5-65H,1-4H3. The van der Waals surface area contributed by atoms with Gasteiger partial charge in [0.1, 0.15) is 0 Å². The molecule has 0 aliphatic carbocycles. The van der Waals surface area contributed by atoms with Crippen LogP contribution in [-0.4, -0.2) is 29.5 Å². The average molecular weight is 1470 g/mol. The number of hydrogen-bond donors (Lipinski definition) is 0. The van der Waals surface area contributed by atoms with Gasteiger partial charge in [-0.25, -0.2) is 15.0 Å². The van der Waals surface area contributed by atoms with E-state index < -0.39 is 5.41 Å². The van der Waals surface area contributed by atoms with Crippen molar-refractivity contribution in [1.29, 1.82) is 0 Å². The molecule has 536 valence electrons. The van der Waals surface area contributed by atoms with Crippen molar-refractivity contribution in [2.75, 3.05) is 14.7 Å². The molecular weight excluding hydrogens is 1400 g/mol. The molecule has 3 aliphatic heterocycles. The fourth-order valence-corrected chi connectivity index (χ4v) is 18.4. The van der Waals surface area contributed by atoms with E-state index in [-0.39, 0.29) is 5.41 Å². The second-order valence-electron chi connectivity index (χ2n) is 30.5. The molecule has 9 nitrogen and oxygen atoms in total. The summed E-state index contributed by atoms with van der Waals surface area (Å²) < 4.78 is 2.48. The van der Waals surface area contributed by atoms with E-state index in [0.29, 0.717) is 23.4 Å². The number of anilines is 9. The van der Waals surface area contributed by atoms with Gasteiger partial charge in [-0.05, 0) is 171 Å². The third-order valence-corrected chi connectivity index (χ3v) is 24.1. The van der Waals surface area contributed by atoms with Crippen LogP contribution in [-0.2, 0) is 10.8 Å². The van der Waals surface area contributed by atoms with Gasteiger partial charge in [-0.15, -0.1) is 0 Å². The first kappa shape index (κ1) is 67.1. The van der Waals surface area contributed by atoms with Gasteiger partial charge in [0.15, 0.2) is 17.5 Å². The fourth-order valence-electron chi connectivity index (χ4n) is 17.3. The molecule has 0 radical (unpaired) electrons. The van der Waals surface area contributed by atoms with Crippen LogP contribution >= 0.6 is 11.8 Å². The number of para-hydroxylation sites is 3. The highest BCUT2D eigenvalue weighted by Crippen LogP contribution is 2.60. The van der Waals surface area contributed by atoms with Gasteiger partial charge in [-0.2, -0.15) is 9.97 Å². The Labute approximate surface area is 661 Å². The Bertz CT molecular complexity index is 6580. The summed E-state index contributed by atoms with van der Waals surface area (Å²) in [7, 11) is 0. The van der Waals surface area contributed by atoms with Crippen LogP contribution in [0, 0.1) is 0 Å². The number of fused-ring (bicyclic) bond motifs is 9. The normalized spacial score (nSPS) is 13.5. The summed E-state index contributed by atoms with van der Waals surface area (Å²) in [6, 6.07) is 134. The molecule has 113 heavy (non-hydrogen) atoms. The number of hydrogen-bond acceptors (Lipinski definition) is 9. The van der Waals surface area contributed by atoms with Gasteiger partial charge in [-0.1, -0.05) is 294 Å². The van der Waals surface area contributed by atoms with E-state index in [1.54, 1.807) is 0 Å². The topological polar surface area (TPSA) is 79.1 Å². The van der Waals surface area contributed by atoms with E-state index in [0.717, 1.165) is 150 Å². The molecule has 0 unspecified atom stereocenters. The van der Waals surface area contributed by atoms with Crippen LogP contribution < -0.4 is 14.7 Å². The summed E-state index contributed by atoms with van der Waals surface area (Å²) in [5, 5.41) is 2.33. The van der Waals surface area contributed by atoms with Crippen molar-refractivity contribution in [2.24, 2.45) is 0 Å². The third kappa shape index (κ3) is 11.5. The predicted molar refractivity (Wildman–Crippen MR) is 466 cm³/mol. The molecule has 0 bridgehead atoms. The molecule has 21 rings (SSSR count). The van der Waals surface area contributed by atoms with Crippen molar-refractivity contribution in [3.05, 3.63) is 392 Å². The molecule has 15 aromatic carbocycles. The van der Waals surface area contributed by atoms with Crippen molar-refractivity contribution >= 4 is 85.0 Å². The lowest BCUT2D eigenvalue weighted by Crippen LogP contribution is -2.32. The maximum Gasteiger partial charge on any atom is 0.238 e. The Morgan fingerprint density at radius 2 is 0.655 bits per heavy atom. The maximum absolute atomic E-state index is 5.46. The van der Waals surface area contributed by atoms with Gasteiger partial charge in [0.2, 0.25) is 5.95 Å². The number of rotatable bonds is 12. The van der Waals surface area contributed by atoms with Crippen LogP contribution in [0.1, 0.15) is 49.9 Å². The van der Waals surface area contributed by atoms with Gasteiger partial charge in [0.05, 0.1) is 56.5 Å². The molecule has 0 fully saturated rings. The lowest BCUT2D eigenvalue weighted by molar-refractivity contribution is 0.630. The summed E-state index contributed by atoms with van der Waals surface area (Å²) in [6.07, 6.45) is 0. The summed E-state index contributed by atoms with van der Waals surface area (Å²) >= 11 is 1.81. The minimum Gasteiger partial charge on any atom is -0.310 e. The Morgan fingerprint density at radius 1 is 0.230 bits per heavy atom. The largest absolute Gasteiger partial charge is 0.310 e. The first-order chi connectivity index (χ1) is 55.5. The third-order valence-electron chi connectivity index (χ3n) is 23.0. The van der Waals surface area contributed by atoms with Crippen molar-refractivity contribution in [1.82, 2.24) is 29.5 Å². The van der Waals surface area contributed by atoms with Crippen molar-refractivity contribution in [3.63, 3.8) is 0 Å². The fraction of sp³-hybridized carbons (Fsp3) is 0.0583. The molecule has 18 aromatic rings. The predicted octanol–water partition coefficient (Wildman–Crippen LogP) is 27.2. The van der Waals surface area contributed by atoms with Crippen LogP contribution in [0.4, 0.5) is 51.4 Å². The summed E-state index contributed by atoms with van der Waals surface area (Å²) in [5.41, 5.74) is 29.2. The number of benzene rings is 15. The molecule has 0 spiro atoms. The Hall–Kier alpha value is -14.1. The number of aromatic nitrogens is 6. The maximum atomic E-state index is 5.46. The van der Waals surface area contributed by atoms with Crippen LogP contribution in [0.15, 0.2) is 380 Å². The summed E-state index contributed by atoms with van der Waals surface area (Å²) in [4.78, 5) is 36.2. The SMILES string of the molecule is CC1(C)c2ccccc2N(c2ccccc2)c2cc3c(cc21)c1ccc(-c2ccc4c(c2)Sc2cc5c(cc2N4c2cc(-c4ccccc4)cc(-c4ccccc4)c2)C(C)(C)c2ccccc2N5c2nc(-c4ccccc4)nc(-c4ccccc4)n2)cc1n3-c1ccc(-c2nc(-c3ccccc3)cc(-c3ccccc3)n2)cc1. The second-order valence-corrected chi connectivity index (χ2v) is 31.5. The smallest absolute Gasteiger partial charge is 0.238 e. The van der Waals surface area contributed by atoms with Gasteiger partial charge < -0.3 is 14.4 Å². The summed E-state index contributed by atoms with van der Waals surface area (Å²) in [5.74, 6) is 2.39. The van der Waals surface area contributed by atoms with E-state index >= 15 is 0 Å². The second kappa shape index (κ2) is 26.9. The van der Waals surface area contributed by atoms with Gasteiger partial charge in [0.25, 0.3) is 0 Å². The van der Waals surface area contributed by atoms with E-state index in [9.17, 15) is 0 Å². The van der Waals surface area contributed by atoms with Gasteiger partial charge >= 0.3 is 0 Å². The van der Waals surface area contributed by atoms with Gasteiger partial charge in [-0.3, -0.25) is 4.90 Å². The van der Waals surface area contributed by atoms with Gasteiger partial charge in [0, 0.05) is 76.3 Å². The molecule has 10 heteroatoms. The minimum absolute atomic E-state index is 0.337. The lowest BCUT2D eigenvalue weighted by Gasteiger charge is -2.43. The molecule has 6 heterocycles. The first-order valence-corrected chi connectivity index (χ1v) is 39.3. The molecule has 0 saturated heterocycles. The minimum atomic E-state index is -0.475. The molecule has 0 amide bonds. The van der Waals surface area contributed by atoms with Crippen molar-refractivity contribution in [2.45, 2.75) is 48.3 Å².